The summed E-state index contributed by atoms with van der Waals surface area (Å²) >= 11 is 5.23. The van der Waals surface area contributed by atoms with Crippen molar-refractivity contribution in [3.8, 4) is 11.4 Å². The van der Waals surface area contributed by atoms with Crippen LogP contribution in [0, 0.1) is 0 Å². The van der Waals surface area contributed by atoms with E-state index in [1.807, 2.05) is 18.2 Å². The summed E-state index contributed by atoms with van der Waals surface area (Å²) in [5, 5.41) is 9.89. The molecule has 26 heavy (non-hydrogen) atoms. The van der Waals surface area contributed by atoms with Gasteiger partial charge in [0.25, 0.3) is 0 Å². The number of halogens is 1. The Bertz CT molecular complexity index is 806. The first-order valence-corrected chi connectivity index (χ1v) is 10.4. The van der Waals surface area contributed by atoms with Gasteiger partial charge in [0.15, 0.2) is 11.0 Å². The fraction of sp³-hybridized carbons (Fsp3) is 0.300. The minimum absolute atomic E-state index is 0.769. The van der Waals surface area contributed by atoms with Gasteiger partial charge in [-0.05, 0) is 30.5 Å². The Hall–Kier alpha value is -1.63. The van der Waals surface area contributed by atoms with E-state index in [2.05, 4.69) is 67.1 Å². The first kappa shape index (κ1) is 19.1. The third kappa shape index (κ3) is 5.19. The molecule has 0 amide bonds. The second kappa shape index (κ2) is 9.90. The number of aromatic nitrogens is 3. The molecule has 1 heterocycles. The van der Waals surface area contributed by atoms with Gasteiger partial charge < -0.3 is 9.30 Å². The molecule has 6 heteroatoms. The number of methoxy groups -OCH3 is 1. The average Bonchev–Trinajstić information content (AvgIpc) is 3.08. The zero-order chi connectivity index (χ0) is 18.2. The highest BCUT2D eigenvalue weighted by atomic mass is 79.9. The van der Waals surface area contributed by atoms with E-state index in [9.17, 15) is 0 Å². The average molecular weight is 432 g/mol. The van der Waals surface area contributed by atoms with Crippen molar-refractivity contribution in [2.24, 2.45) is 0 Å². The lowest BCUT2D eigenvalue weighted by Crippen LogP contribution is -2.06. The Kier molecular flexibility index (Phi) is 7.29. The molecule has 0 radical (unpaired) electrons. The lowest BCUT2D eigenvalue weighted by atomic mass is 10.1. The van der Waals surface area contributed by atoms with Gasteiger partial charge in [0.1, 0.15) is 0 Å². The summed E-state index contributed by atoms with van der Waals surface area (Å²) < 4.78 is 8.43. The fourth-order valence-electron chi connectivity index (χ4n) is 2.66. The minimum Gasteiger partial charge on any atom is -0.385 e. The maximum atomic E-state index is 5.14. The predicted octanol–water partition coefficient (Wildman–Crippen LogP) is 5.08. The van der Waals surface area contributed by atoms with Crippen molar-refractivity contribution in [1.29, 1.82) is 0 Å². The van der Waals surface area contributed by atoms with Crippen LogP contribution in [0.1, 0.15) is 12.0 Å². The molecule has 0 unspecified atom stereocenters. The first-order valence-electron chi connectivity index (χ1n) is 8.62. The van der Waals surface area contributed by atoms with Gasteiger partial charge >= 0.3 is 0 Å². The van der Waals surface area contributed by atoms with Crippen molar-refractivity contribution in [3.05, 3.63) is 64.6 Å². The second-order valence-electron chi connectivity index (χ2n) is 5.90. The molecule has 0 atom stereocenters. The summed E-state index contributed by atoms with van der Waals surface area (Å²) in [5.74, 6) is 1.89. The normalized spacial score (nSPS) is 11.0. The lowest BCUT2D eigenvalue weighted by molar-refractivity contribution is 0.200. The lowest BCUT2D eigenvalue weighted by Gasteiger charge is -2.10. The van der Waals surface area contributed by atoms with Gasteiger partial charge in [0, 0.05) is 36.1 Å². The van der Waals surface area contributed by atoms with Crippen LogP contribution in [0.25, 0.3) is 11.4 Å². The van der Waals surface area contributed by atoms with E-state index in [4.69, 9.17) is 4.74 Å². The summed E-state index contributed by atoms with van der Waals surface area (Å²) in [4.78, 5) is 0. The molecule has 136 valence electrons. The Balaban J connectivity index is 1.81. The second-order valence-corrected chi connectivity index (χ2v) is 7.87. The van der Waals surface area contributed by atoms with Crippen molar-refractivity contribution in [1.82, 2.24) is 14.8 Å². The van der Waals surface area contributed by atoms with Gasteiger partial charge in [-0.25, -0.2) is 0 Å². The summed E-state index contributed by atoms with van der Waals surface area (Å²) in [6.45, 7) is 1.62. The largest absolute Gasteiger partial charge is 0.385 e. The van der Waals surface area contributed by atoms with E-state index in [-0.39, 0.29) is 0 Å². The molecule has 0 saturated carbocycles. The van der Waals surface area contributed by atoms with Crippen LogP contribution in [0.2, 0.25) is 0 Å². The zero-order valence-corrected chi connectivity index (χ0v) is 17.2. The molecule has 0 saturated heterocycles. The molecular formula is C20H22BrN3OS. The summed E-state index contributed by atoms with van der Waals surface area (Å²) in [5.41, 5.74) is 2.40. The number of hydrogen-bond donors (Lipinski definition) is 0. The van der Waals surface area contributed by atoms with Gasteiger partial charge in [-0.1, -0.05) is 70.2 Å². The molecule has 0 spiro atoms. The molecule has 3 rings (SSSR count). The number of benzene rings is 2. The molecule has 0 aliphatic heterocycles. The van der Waals surface area contributed by atoms with Crippen LogP contribution in [0.3, 0.4) is 0 Å². The van der Waals surface area contributed by atoms with Gasteiger partial charge in [0.05, 0.1) is 0 Å². The summed E-state index contributed by atoms with van der Waals surface area (Å²) in [6.07, 6.45) is 1.95. The highest BCUT2D eigenvalue weighted by molar-refractivity contribution is 9.10. The Morgan fingerprint density at radius 3 is 2.54 bits per heavy atom. The number of ether oxygens (including phenoxy) is 1. The smallest absolute Gasteiger partial charge is 0.191 e. The van der Waals surface area contributed by atoms with E-state index in [0.717, 1.165) is 52.8 Å². The summed E-state index contributed by atoms with van der Waals surface area (Å²) in [6, 6.07) is 18.8. The quantitative estimate of drug-likeness (QED) is 0.349. The highest BCUT2D eigenvalue weighted by Gasteiger charge is 2.14. The van der Waals surface area contributed by atoms with Crippen LogP contribution < -0.4 is 0 Å². The first-order chi connectivity index (χ1) is 12.8. The number of nitrogens with zero attached hydrogens (tertiary/aromatic N) is 3. The molecule has 4 nitrogen and oxygen atoms in total. The number of rotatable bonds is 9. The van der Waals surface area contributed by atoms with E-state index >= 15 is 0 Å². The third-order valence-corrected chi connectivity index (χ3v) is 5.59. The molecule has 0 bridgehead atoms. The number of aryl methyl sites for hydroxylation is 1. The molecule has 0 aliphatic carbocycles. The van der Waals surface area contributed by atoms with Gasteiger partial charge in [-0.3, -0.25) is 0 Å². The number of hydrogen-bond acceptors (Lipinski definition) is 4. The highest BCUT2D eigenvalue weighted by Crippen LogP contribution is 2.26. The SMILES string of the molecule is COCCCSc1nnc(-c2ccc(Br)cc2)n1CCc1ccccc1. The molecule has 2 aromatic carbocycles. The van der Waals surface area contributed by atoms with Crippen LogP contribution in [-0.4, -0.2) is 34.2 Å². The zero-order valence-electron chi connectivity index (χ0n) is 14.8. The predicted molar refractivity (Wildman–Crippen MR) is 111 cm³/mol. The summed E-state index contributed by atoms with van der Waals surface area (Å²) in [7, 11) is 1.73. The van der Waals surface area contributed by atoms with Crippen LogP contribution in [-0.2, 0) is 17.7 Å². The van der Waals surface area contributed by atoms with E-state index in [0.29, 0.717) is 0 Å². The van der Waals surface area contributed by atoms with Crippen LogP contribution in [0.4, 0.5) is 0 Å². The van der Waals surface area contributed by atoms with Crippen molar-refractivity contribution < 1.29 is 4.74 Å². The number of thioether (sulfide) groups is 1. The standard InChI is InChI=1S/C20H22BrN3OS/c1-25-14-5-15-26-20-23-22-19(17-8-10-18(21)11-9-17)24(20)13-12-16-6-3-2-4-7-16/h2-4,6-11H,5,12-15H2,1H3. The molecule has 0 aliphatic rings. The third-order valence-electron chi connectivity index (χ3n) is 4.01. The fourth-order valence-corrected chi connectivity index (χ4v) is 3.80. The van der Waals surface area contributed by atoms with Gasteiger partial charge in [-0.15, -0.1) is 10.2 Å². The van der Waals surface area contributed by atoms with Crippen LogP contribution >= 0.6 is 27.7 Å². The molecular weight excluding hydrogens is 410 g/mol. The monoisotopic (exact) mass is 431 g/mol. The maximum Gasteiger partial charge on any atom is 0.191 e. The van der Waals surface area contributed by atoms with Crippen molar-refractivity contribution in [2.45, 2.75) is 24.5 Å². The Labute approximate surface area is 167 Å². The molecule has 0 fully saturated rings. The van der Waals surface area contributed by atoms with Gasteiger partial charge in [0.2, 0.25) is 0 Å². The molecule has 3 aromatic rings. The van der Waals surface area contributed by atoms with Crippen LogP contribution in [0.15, 0.2) is 64.2 Å². The van der Waals surface area contributed by atoms with E-state index in [1.54, 1.807) is 18.9 Å². The van der Waals surface area contributed by atoms with Crippen molar-refractivity contribution in [2.75, 3.05) is 19.5 Å². The topological polar surface area (TPSA) is 39.9 Å². The minimum atomic E-state index is 0.769. The maximum absolute atomic E-state index is 5.14. The Morgan fingerprint density at radius 2 is 1.81 bits per heavy atom. The van der Waals surface area contributed by atoms with Crippen molar-refractivity contribution >= 4 is 27.7 Å². The van der Waals surface area contributed by atoms with Crippen molar-refractivity contribution in [3.63, 3.8) is 0 Å². The van der Waals surface area contributed by atoms with E-state index < -0.39 is 0 Å². The van der Waals surface area contributed by atoms with Crippen LogP contribution in [0.5, 0.6) is 0 Å². The Morgan fingerprint density at radius 1 is 1.04 bits per heavy atom. The molecule has 0 N–H and O–H groups in total. The van der Waals surface area contributed by atoms with Gasteiger partial charge in [-0.2, -0.15) is 0 Å². The van der Waals surface area contributed by atoms with E-state index in [1.165, 1.54) is 5.56 Å². The molecule has 1 aromatic heterocycles.